The van der Waals surface area contributed by atoms with Crippen LogP contribution in [0.4, 0.5) is 5.69 Å². The van der Waals surface area contributed by atoms with E-state index in [1.54, 1.807) is 12.1 Å². The van der Waals surface area contributed by atoms with Gasteiger partial charge in [0.25, 0.3) is 0 Å². The molecule has 0 aromatic heterocycles. The number of fused-ring (bicyclic) bond motifs is 1. The quantitative estimate of drug-likeness (QED) is 0.486. The zero-order chi connectivity index (χ0) is 26.9. The Labute approximate surface area is 222 Å². The third-order valence-electron chi connectivity index (χ3n) is 6.44. The lowest BCUT2D eigenvalue weighted by atomic mass is 10.00. The summed E-state index contributed by atoms with van der Waals surface area (Å²) in [5.74, 6) is 1.24. The predicted octanol–water partition coefficient (Wildman–Crippen LogP) is 5.79. The predicted molar refractivity (Wildman–Crippen MR) is 154 cm³/mol. The number of aldehydes is 1. The molecule has 1 amide bonds. The monoisotopic (exact) mass is 502 g/mol. The van der Waals surface area contributed by atoms with Crippen LogP contribution in [0.15, 0.2) is 53.0 Å². The van der Waals surface area contributed by atoms with Crippen molar-refractivity contribution in [2.75, 3.05) is 33.2 Å². The molecule has 0 saturated carbocycles. The van der Waals surface area contributed by atoms with Crippen molar-refractivity contribution < 1.29 is 9.59 Å². The maximum atomic E-state index is 13.3. The Morgan fingerprint density at radius 2 is 1.59 bits per heavy atom. The lowest BCUT2D eigenvalue weighted by molar-refractivity contribution is -0.128. The van der Waals surface area contributed by atoms with E-state index < -0.39 is 0 Å². The van der Waals surface area contributed by atoms with Crippen LogP contribution >= 0.6 is 0 Å². The van der Waals surface area contributed by atoms with Crippen LogP contribution in [0.1, 0.15) is 62.9 Å². The Kier molecular flexibility index (Phi) is 10.2. The summed E-state index contributed by atoms with van der Waals surface area (Å²) in [7, 11) is 2.17. The van der Waals surface area contributed by atoms with Crippen molar-refractivity contribution >= 4 is 29.8 Å². The van der Waals surface area contributed by atoms with E-state index in [2.05, 4.69) is 44.6 Å². The largest absolute Gasteiger partial charge is 0.387 e. The summed E-state index contributed by atoms with van der Waals surface area (Å²) in [6, 6.07) is 13.4. The molecule has 0 radical (unpaired) electrons. The first kappa shape index (κ1) is 28.3. The average molecular weight is 503 g/mol. The van der Waals surface area contributed by atoms with Gasteiger partial charge in [0.05, 0.1) is 5.69 Å². The van der Waals surface area contributed by atoms with E-state index in [1.807, 2.05) is 41.3 Å². The smallest absolute Gasteiger partial charge is 0.250 e. The van der Waals surface area contributed by atoms with Gasteiger partial charge >= 0.3 is 0 Å². The fourth-order valence-corrected chi connectivity index (χ4v) is 4.66. The highest BCUT2D eigenvalue weighted by Crippen LogP contribution is 2.32. The van der Waals surface area contributed by atoms with Crippen molar-refractivity contribution in [3.05, 3.63) is 59.2 Å². The first-order valence-corrected chi connectivity index (χ1v) is 13.4. The maximum Gasteiger partial charge on any atom is 0.250 e. The molecule has 2 aliphatic heterocycles. The van der Waals surface area contributed by atoms with Crippen LogP contribution < -0.4 is 5.73 Å². The molecule has 0 atom stereocenters. The third-order valence-corrected chi connectivity index (χ3v) is 6.44. The highest BCUT2D eigenvalue weighted by Gasteiger charge is 2.23. The zero-order valence-corrected chi connectivity index (χ0v) is 23.0. The van der Waals surface area contributed by atoms with Crippen LogP contribution in [0.5, 0.6) is 0 Å². The van der Waals surface area contributed by atoms with Crippen LogP contribution in [0.3, 0.4) is 0 Å². The van der Waals surface area contributed by atoms with Crippen molar-refractivity contribution in [2.24, 2.45) is 22.6 Å². The Hall–Kier alpha value is -3.25. The number of amidine groups is 1. The Bertz CT molecular complexity index is 1120. The lowest BCUT2D eigenvalue weighted by Gasteiger charge is -2.27. The summed E-state index contributed by atoms with van der Waals surface area (Å²) in [6.07, 6.45) is 5.92. The van der Waals surface area contributed by atoms with Gasteiger partial charge in [-0.3, -0.25) is 9.59 Å². The highest BCUT2D eigenvalue weighted by atomic mass is 16.2. The van der Waals surface area contributed by atoms with Crippen molar-refractivity contribution in [1.29, 1.82) is 0 Å². The molecule has 6 nitrogen and oxygen atoms in total. The van der Waals surface area contributed by atoms with E-state index in [-0.39, 0.29) is 5.91 Å². The number of hydrogen-bond donors (Lipinski definition) is 1. The van der Waals surface area contributed by atoms with Gasteiger partial charge in [-0.05, 0) is 68.1 Å². The Morgan fingerprint density at radius 1 is 1.00 bits per heavy atom. The molecule has 2 aromatic rings. The van der Waals surface area contributed by atoms with Gasteiger partial charge in [0.1, 0.15) is 12.1 Å². The highest BCUT2D eigenvalue weighted by molar-refractivity contribution is 6.05. The number of rotatable bonds is 7. The summed E-state index contributed by atoms with van der Waals surface area (Å²) >= 11 is 0. The van der Waals surface area contributed by atoms with Crippen molar-refractivity contribution in [2.45, 2.75) is 47.0 Å². The summed E-state index contributed by atoms with van der Waals surface area (Å²) in [5.41, 5.74) is 11.1. The molecule has 2 N–H and O–H groups in total. The zero-order valence-electron chi connectivity index (χ0n) is 23.0. The lowest BCUT2D eigenvalue weighted by Crippen LogP contribution is -2.38. The number of nitrogens with two attached hydrogens (primary N) is 1. The molecular weight excluding hydrogens is 460 g/mol. The van der Waals surface area contributed by atoms with Gasteiger partial charge in [-0.25, -0.2) is 4.99 Å². The number of hydrogen-bond acceptors (Lipinski definition) is 5. The van der Waals surface area contributed by atoms with Crippen molar-refractivity contribution in [3.63, 3.8) is 0 Å². The van der Waals surface area contributed by atoms with Gasteiger partial charge in [0, 0.05) is 36.2 Å². The van der Waals surface area contributed by atoms with Gasteiger partial charge in [-0.1, -0.05) is 64.1 Å². The average Bonchev–Trinajstić information content (AvgIpc) is 3.27. The maximum absolute atomic E-state index is 13.3. The minimum absolute atomic E-state index is 0.0296. The molecule has 6 heteroatoms. The van der Waals surface area contributed by atoms with Crippen LogP contribution in [0.2, 0.25) is 0 Å². The molecule has 0 bridgehead atoms. The van der Waals surface area contributed by atoms with E-state index in [0.717, 1.165) is 28.7 Å². The molecular formula is C31H42N4O2. The number of carbonyl (C=O) groups excluding carboxylic acids is 2. The van der Waals surface area contributed by atoms with Crippen LogP contribution in [0.25, 0.3) is 17.2 Å². The molecule has 0 aliphatic carbocycles. The van der Waals surface area contributed by atoms with Crippen LogP contribution in [-0.4, -0.2) is 61.1 Å². The van der Waals surface area contributed by atoms with E-state index in [9.17, 15) is 9.59 Å². The molecule has 2 heterocycles. The minimum Gasteiger partial charge on any atom is -0.387 e. The Balaban J connectivity index is 0.000000555. The van der Waals surface area contributed by atoms with E-state index >= 15 is 0 Å². The molecule has 2 aliphatic rings. The molecule has 37 heavy (non-hydrogen) atoms. The van der Waals surface area contributed by atoms with Crippen molar-refractivity contribution in [3.8, 4) is 11.1 Å². The SMILES string of the molecule is CC(C)CN(CC(C)C)C(=O)C1=Cc2ccc(-c3ccc(C=O)cc3)cc2N=C(N)C1.CN1CCCC1. The normalized spacial score (nSPS) is 15.3. The number of amides is 1. The number of aliphatic imine (C=N–C) groups is 1. The first-order chi connectivity index (χ1) is 17.7. The molecule has 1 saturated heterocycles. The molecule has 0 unspecified atom stereocenters. The summed E-state index contributed by atoms with van der Waals surface area (Å²) < 4.78 is 0. The van der Waals surface area contributed by atoms with Gasteiger partial charge in [0.15, 0.2) is 0 Å². The molecule has 2 aromatic carbocycles. The van der Waals surface area contributed by atoms with Crippen LogP contribution in [0, 0.1) is 11.8 Å². The fraction of sp³-hybridized carbons (Fsp3) is 0.452. The first-order valence-electron chi connectivity index (χ1n) is 13.4. The second-order valence-electron chi connectivity index (χ2n) is 11.0. The number of carbonyl (C=O) groups is 2. The molecule has 198 valence electrons. The topological polar surface area (TPSA) is 79.0 Å². The Morgan fingerprint density at radius 3 is 2.11 bits per heavy atom. The van der Waals surface area contributed by atoms with Gasteiger partial charge in [0.2, 0.25) is 5.91 Å². The minimum atomic E-state index is 0.0296. The summed E-state index contributed by atoms with van der Waals surface area (Å²) in [5, 5.41) is 0. The van der Waals surface area contributed by atoms with Crippen molar-refractivity contribution in [1.82, 2.24) is 9.80 Å². The number of benzene rings is 2. The number of nitrogens with zero attached hydrogens (tertiary/aromatic N) is 3. The van der Waals surface area contributed by atoms with E-state index in [1.165, 1.54) is 25.9 Å². The second kappa shape index (κ2) is 13.3. The standard InChI is InChI=1S/C26H31N3O2.C5H11N/c1-17(2)14-29(15-18(3)4)26(31)23-11-22-10-9-21(12-24(22)28-25(27)13-23)20-7-5-19(16-30)6-8-20;1-6-4-2-3-5-6/h5-12,16-18H,13-15H2,1-4H3,(H2,27,28);2-5H2,1H3. The van der Waals surface area contributed by atoms with E-state index in [4.69, 9.17) is 5.73 Å². The fourth-order valence-electron chi connectivity index (χ4n) is 4.66. The van der Waals surface area contributed by atoms with Crippen LogP contribution in [-0.2, 0) is 4.79 Å². The summed E-state index contributed by atoms with van der Waals surface area (Å²) in [6.45, 7) is 12.6. The van der Waals surface area contributed by atoms with Gasteiger partial charge < -0.3 is 15.5 Å². The third kappa shape index (κ3) is 8.39. The molecule has 0 spiro atoms. The van der Waals surface area contributed by atoms with Gasteiger partial charge in [-0.15, -0.1) is 0 Å². The molecule has 1 fully saturated rings. The molecule has 4 rings (SSSR count). The second-order valence-corrected chi connectivity index (χ2v) is 11.0. The number of likely N-dealkylation sites (tertiary alicyclic amines) is 1. The van der Waals surface area contributed by atoms with E-state index in [0.29, 0.717) is 48.3 Å². The van der Waals surface area contributed by atoms with Gasteiger partial charge in [-0.2, -0.15) is 0 Å². The summed E-state index contributed by atoms with van der Waals surface area (Å²) in [4.78, 5) is 33.1.